The summed E-state index contributed by atoms with van der Waals surface area (Å²) in [5.41, 5.74) is 0.304. The van der Waals surface area contributed by atoms with Crippen LogP contribution in [0.25, 0.3) is 0 Å². The molecular weight excluding hydrogens is 194 g/mol. The van der Waals surface area contributed by atoms with Gasteiger partial charge in [0.25, 0.3) is 0 Å². The molecule has 4 nitrogen and oxygen atoms in total. The van der Waals surface area contributed by atoms with Gasteiger partial charge in [0.15, 0.2) is 0 Å². The van der Waals surface area contributed by atoms with Gasteiger partial charge in [0.05, 0.1) is 18.1 Å². The van der Waals surface area contributed by atoms with Gasteiger partial charge >= 0.3 is 0 Å². The second-order valence-electron chi connectivity index (χ2n) is 4.70. The number of ketones is 2. The number of oxime groups is 1. The van der Waals surface area contributed by atoms with Crippen molar-refractivity contribution in [3.8, 4) is 0 Å². The van der Waals surface area contributed by atoms with Gasteiger partial charge in [0, 0.05) is 6.42 Å². The third-order valence-electron chi connectivity index (χ3n) is 2.78. The number of nitrogens with zero attached hydrogens (tertiary/aromatic N) is 1. The van der Waals surface area contributed by atoms with Gasteiger partial charge < -0.3 is 4.84 Å². The van der Waals surface area contributed by atoms with Crippen molar-refractivity contribution in [3.05, 3.63) is 0 Å². The lowest BCUT2D eigenvalue weighted by Crippen LogP contribution is -2.43. The Balaban J connectivity index is 2.99. The van der Waals surface area contributed by atoms with E-state index in [9.17, 15) is 9.59 Å². The third-order valence-corrected chi connectivity index (χ3v) is 2.78. The number of hydrogen-bond acceptors (Lipinski definition) is 4. The zero-order chi connectivity index (χ0) is 11.6. The highest BCUT2D eigenvalue weighted by Gasteiger charge is 2.43. The third kappa shape index (κ3) is 2.43. The number of hydrogen-bond donors (Lipinski definition) is 0. The van der Waals surface area contributed by atoms with Crippen molar-refractivity contribution in [3.63, 3.8) is 0 Å². The molecule has 0 aromatic rings. The van der Waals surface area contributed by atoms with E-state index in [2.05, 4.69) is 9.99 Å². The fourth-order valence-electron chi connectivity index (χ4n) is 2.40. The van der Waals surface area contributed by atoms with Crippen molar-refractivity contribution >= 4 is 17.3 Å². The van der Waals surface area contributed by atoms with Crippen LogP contribution in [0.15, 0.2) is 5.16 Å². The Labute approximate surface area is 89.7 Å². The minimum Gasteiger partial charge on any atom is -0.399 e. The van der Waals surface area contributed by atoms with E-state index in [1.165, 1.54) is 7.11 Å². The van der Waals surface area contributed by atoms with Crippen molar-refractivity contribution in [1.29, 1.82) is 0 Å². The predicted octanol–water partition coefficient (Wildman–Crippen LogP) is 1.58. The van der Waals surface area contributed by atoms with Crippen LogP contribution >= 0.6 is 0 Å². The maximum Gasteiger partial charge on any atom is 0.149 e. The number of carbonyl (C=O) groups excluding carboxylic acids is 2. The summed E-state index contributed by atoms with van der Waals surface area (Å²) in [6, 6.07) is 0. The summed E-state index contributed by atoms with van der Waals surface area (Å²) in [6.45, 7) is 5.60. The molecule has 1 aliphatic carbocycles. The zero-order valence-electron chi connectivity index (χ0n) is 9.66. The Morgan fingerprint density at radius 2 is 2.07 bits per heavy atom. The normalized spacial score (nSPS) is 26.7. The summed E-state index contributed by atoms with van der Waals surface area (Å²) >= 11 is 0. The first-order valence-corrected chi connectivity index (χ1v) is 5.00. The quantitative estimate of drug-likeness (QED) is 0.396. The van der Waals surface area contributed by atoms with Gasteiger partial charge in [-0.15, -0.1) is 0 Å². The fraction of sp³-hybridized carbons (Fsp3) is 0.727. The van der Waals surface area contributed by atoms with E-state index in [1.54, 1.807) is 6.92 Å². The van der Waals surface area contributed by atoms with Gasteiger partial charge in [-0.25, -0.2) is 0 Å². The highest BCUT2D eigenvalue weighted by molar-refractivity contribution is 6.13. The highest BCUT2D eigenvalue weighted by Crippen LogP contribution is 2.37. The molecule has 0 heterocycles. The summed E-state index contributed by atoms with van der Waals surface area (Å²) in [4.78, 5) is 27.8. The van der Waals surface area contributed by atoms with E-state index in [0.717, 1.165) is 0 Å². The molecule has 1 saturated carbocycles. The lowest BCUT2D eigenvalue weighted by atomic mass is 9.66. The molecule has 84 valence electrons. The molecule has 0 radical (unpaired) electrons. The number of carbonyl (C=O) groups is 2. The summed E-state index contributed by atoms with van der Waals surface area (Å²) < 4.78 is 0. The summed E-state index contributed by atoms with van der Waals surface area (Å²) in [5, 5.41) is 3.80. The van der Waals surface area contributed by atoms with E-state index < -0.39 is 0 Å². The second-order valence-corrected chi connectivity index (χ2v) is 4.70. The van der Waals surface area contributed by atoms with Crippen LogP contribution in [0.5, 0.6) is 0 Å². The Bertz CT molecular complexity index is 318. The molecule has 1 aliphatic rings. The number of rotatable bonds is 2. The molecule has 1 fully saturated rings. The van der Waals surface area contributed by atoms with Crippen molar-refractivity contribution in [2.75, 3.05) is 7.11 Å². The van der Waals surface area contributed by atoms with Crippen LogP contribution in [0.4, 0.5) is 0 Å². The van der Waals surface area contributed by atoms with Crippen molar-refractivity contribution < 1.29 is 14.4 Å². The first-order chi connectivity index (χ1) is 6.88. The van der Waals surface area contributed by atoms with E-state index in [-0.39, 0.29) is 29.3 Å². The maximum atomic E-state index is 11.8. The molecule has 1 atom stereocenters. The van der Waals surface area contributed by atoms with Crippen molar-refractivity contribution in [2.45, 2.75) is 33.6 Å². The Morgan fingerprint density at radius 1 is 1.47 bits per heavy atom. The molecule has 1 rings (SSSR count). The smallest absolute Gasteiger partial charge is 0.149 e. The monoisotopic (exact) mass is 211 g/mol. The van der Waals surface area contributed by atoms with Gasteiger partial charge in [0.2, 0.25) is 0 Å². The minimum atomic E-state index is -0.349. The van der Waals surface area contributed by atoms with Gasteiger partial charge in [-0.3, -0.25) is 9.59 Å². The summed E-state index contributed by atoms with van der Waals surface area (Å²) in [7, 11) is 1.45. The van der Waals surface area contributed by atoms with Crippen LogP contribution in [-0.4, -0.2) is 24.4 Å². The largest absolute Gasteiger partial charge is 0.399 e. The van der Waals surface area contributed by atoms with Crippen molar-refractivity contribution in [1.82, 2.24) is 0 Å². The van der Waals surface area contributed by atoms with Crippen molar-refractivity contribution in [2.24, 2.45) is 16.5 Å². The standard InChI is InChI=1S/C11H17NO3/c1-7(12-15-4)10-9(14)5-8(13)6-11(10,2)3/h10H,5-6H2,1-4H3. The molecule has 0 aromatic heterocycles. The van der Waals surface area contributed by atoms with Crippen LogP contribution in [0.3, 0.4) is 0 Å². The SMILES string of the molecule is CON=C(C)C1C(=O)CC(=O)CC1(C)C. The summed E-state index contributed by atoms with van der Waals surface area (Å²) in [5.74, 6) is -0.323. The van der Waals surface area contributed by atoms with Crippen LogP contribution in [0.1, 0.15) is 33.6 Å². The van der Waals surface area contributed by atoms with E-state index in [1.807, 2.05) is 13.8 Å². The van der Waals surface area contributed by atoms with Crippen LogP contribution in [0.2, 0.25) is 0 Å². The molecular formula is C11H17NO3. The molecule has 0 spiro atoms. The Morgan fingerprint density at radius 3 is 2.53 bits per heavy atom. The molecule has 15 heavy (non-hydrogen) atoms. The molecule has 0 bridgehead atoms. The molecule has 0 aromatic carbocycles. The average Bonchev–Trinajstić information content (AvgIpc) is 1.99. The molecule has 0 N–H and O–H groups in total. The lowest BCUT2D eigenvalue weighted by molar-refractivity contribution is -0.135. The van der Waals surface area contributed by atoms with Gasteiger partial charge in [-0.1, -0.05) is 19.0 Å². The summed E-state index contributed by atoms with van der Waals surface area (Å²) in [6.07, 6.45) is 0.463. The van der Waals surface area contributed by atoms with Gasteiger partial charge in [-0.05, 0) is 12.3 Å². The highest BCUT2D eigenvalue weighted by atomic mass is 16.6. The Kier molecular flexibility index (Phi) is 3.27. The van der Waals surface area contributed by atoms with Gasteiger partial charge in [0.1, 0.15) is 18.7 Å². The average molecular weight is 211 g/mol. The maximum absolute atomic E-state index is 11.8. The molecule has 0 aliphatic heterocycles. The molecule has 0 saturated heterocycles. The lowest BCUT2D eigenvalue weighted by Gasteiger charge is -2.36. The van der Waals surface area contributed by atoms with Crippen LogP contribution in [0, 0.1) is 11.3 Å². The molecule has 4 heteroatoms. The molecule has 0 amide bonds. The van der Waals surface area contributed by atoms with E-state index in [0.29, 0.717) is 12.1 Å². The van der Waals surface area contributed by atoms with Crippen LogP contribution in [-0.2, 0) is 14.4 Å². The van der Waals surface area contributed by atoms with E-state index >= 15 is 0 Å². The first kappa shape index (κ1) is 11.9. The minimum absolute atomic E-state index is 0.0199. The second kappa shape index (κ2) is 4.13. The first-order valence-electron chi connectivity index (χ1n) is 5.00. The van der Waals surface area contributed by atoms with E-state index in [4.69, 9.17) is 0 Å². The Hall–Kier alpha value is -1.19. The number of Topliss-reactive ketones (excluding diaryl/α,β-unsaturated/α-hetero) is 2. The predicted molar refractivity (Wildman–Crippen MR) is 56.6 cm³/mol. The zero-order valence-corrected chi connectivity index (χ0v) is 9.66. The topological polar surface area (TPSA) is 55.7 Å². The van der Waals surface area contributed by atoms with Crippen LogP contribution < -0.4 is 0 Å². The fourth-order valence-corrected chi connectivity index (χ4v) is 2.40. The van der Waals surface area contributed by atoms with Gasteiger partial charge in [-0.2, -0.15) is 0 Å². The molecule has 1 unspecified atom stereocenters.